The van der Waals surface area contributed by atoms with Crippen LogP contribution in [0.15, 0.2) is 54.7 Å². The van der Waals surface area contributed by atoms with Gasteiger partial charge in [0.1, 0.15) is 84.3 Å². The molecule has 0 saturated carbocycles. The number of aromatic hydroxyl groups is 1. The summed E-state index contributed by atoms with van der Waals surface area (Å²) in [5.41, 5.74) is 29.8. The predicted octanol–water partition coefficient (Wildman–Crippen LogP) is -10.3. The minimum atomic E-state index is -1.96. The van der Waals surface area contributed by atoms with Crippen molar-refractivity contribution in [3.05, 3.63) is 65.9 Å². The number of guanidine groups is 3. The van der Waals surface area contributed by atoms with E-state index < -0.39 is 296 Å². The molecule has 1 heterocycles. The number of H-pyrrole nitrogens is 1. The van der Waals surface area contributed by atoms with E-state index in [-0.39, 0.29) is 121 Å². The average molecular weight is 2080 g/mol. The molecular weight excluding hydrogens is 1940 g/mol. The number of amides is 17. The highest BCUT2D eigenvalue weighted by atomic mass is 32.2. The van der Waals surface area contributed by atoms with Crippen molar-refractivity contribution in [3.8, 4) is 5.75 Å². The minimum Gasteiger partial charge on any atom is -0.508 e. The summed E-state index contributed by atoms with van der Waals surface area (Å²) in [5, 5.41) is 143. The number of rotatable bonds is 69. The number of phenols is 1. The molecule has 3 aromatic rings. The number of thioether (sulfide) groups is 1. The fourth-order valence-electron chi connectivity index (χ4n) is 14.1. The van der Waals surface area contributed by atoms with Crippen LogP contribution in [0, 0.1) is 28.1 Å². The molecule has 0 saturated heterocycles. The molecule has 0 spiro atoms. The SMILES string of the molecule is CC[C@H](C)[C@H](NC(=O)CNC(=O)[C@H](CCCNC(=N)N)NC(=O)[C@H](CCCCN)NC(=O)[C@@H](NC(=O)[C@@H](NC(=O)CNC(=O)CNC(=O)[C@H](CCSC)NC(=O)[C@H](CCCNC(=N)N)NC(=O)[C@H](Cc1ccc(O)cc1)NC(=O)[C@H](CCCNC(=N)N)NC(=O)[C@@H](NC(=O)CNC(=O)[C@@H](NC(=O)[C@H](Cc1c[nH]c2ccccc12)NC(=O)[C@@H](N)CCC(=O)O)C(C)C)[C@@H](C)O)[C@@H](C)O)[C@@H](C)O)C(=O)N[C@@H](CC(=O)O)C(=O)O. The summed E-state index contributed by atoms with van der Waals surface area (Å²) < 4.78 is 0. The van der Waals surface area contributed by atoms with E-state index in [9.17, 15) is 132 Å². The Kier molecular flexibility index (Phi) is 56.1. The fourth-order valence-corrected chi connectivity index (χ4v) is 14.6. The van der Waals surface area contributed by atoms with E-state index in [4.69, 9.17) is 44.9 Å². The number of hydrogen-bond donors (Lipinski definition) is 36. The number of carboxylic acids is 3. The molecule has 0 fully saturated rings. The zero-order valence-electron chi connectivity index (χ0n) is 82.4. The van der Waals surface area contributed by atoms with Gasteiger partial charge in [0.15, 0.2) is 17.9 Å². The third-order valence-corrected chi connectivity index (χ3v) is 23.1. The van der Waals surface area contributed by atoms with Crippen molar-refractivity contribution < 1.29 is 132 Å². The number of aliphatic hydroxyl groups excluding tert-OH is 3. The van der Waals surface area contributed by atoms with Gasteiger partial charge >= 0.3 is 17.9 Å². The van der Waals surface area contributed by atoms with Crippen LogP contribution in [0.2, 0.25) is 0 Å². The number of benzene rings is 2. The van der Waals surface area contributed by atoms with Gasteiger partial charge in [0.25, 0.3) is 0 Å². The summed E-state index contributed by atoms with van der Waals surface area (Å²) >= 11 is 1.23. The number of unbranched alkanes of at least 4 members (excludes halogenated alkanes) is 1. The van der Waals surface area contributed by atoms with E-state index >= 15 is 0 Å². The van der Waals surface area contributed by atoms with E-state index in [2.05, 4.69) is 111 Å². The molecule has 0 aliphatic heterocycles. The number of para-hydroxylation sites is 1. The van der Waals surface area contributed by atoms with Crippen molar-refractivity contribution in [1.82, 2.24) is 111 Å². The monoisotopic (exact) mass is 2080 g/mol. The van der Waals surface area contributed by atoms with Gasteiger partial charge in [-0.3, -0.25) is 107 Å². The first-order valence-corrected chi connectivity index (χ1v) is 48.4. The van der Waals surface area contributed by atoms with E-state index in [1.54, 1.807) is 57.5 Å². The van der Waals surface area contributed by atoms with Crippen LogP contribution in [-0.2, 0) is 109 Å². The molecule has 3 rings (SSSR count). The number of carbonyl (C=O) groups is 20. The molecule has 56 nitrogen and oxygen atoms in total. The first kappa shape index (κ1) is 125. The Balaban J connectivity index is 1.85. The maximum Gasteiger partial charge on any atom is 0.326 e. The quantitative estimate of drug-likeness (QED) is 0.0142. The van der Waals surface area contributed by atoms with Crippen LogP contribution < -0.4 is 135 Å². The lowest BCUT2D eigenvalue weighted by molar-refractivity contribution is -0.147. The second-order valence-electron chi connectivity index (χ2n) is 34.8. The summed E-state index contributed by atoms with van der Waals surface area (Å²) in [7, 11) is 0. The number of aliphatic hydroxyl groups is 3. The van der Waals surface area contributed by atoms with E-state index in [1.165, 1.54) is 43.0 Å². The Morgan fingerprint density at radius 1 is 0.390 bits per heavy atom. The van der Waals surface area contributed by atoms with Crippen LogP contribution >= 0.6 is 11.8 Å². The number of aromatic nitrogens is 1. The number of nitrogens with one attached hydrogen (secondary N) is 24. The van der Waals surface area contributed by atoms with Gasteiger partial charge in [0.05, 0.1) is 57.0 Å². The van der Waals surface area contributed by atoms with Gasteiger partial charge in [-0.05, 0) is 151 Å². The number of aliphatic carboxylic acids is 3. The molecule has 0 radical (unpaired) electrons. The summed E-state index contributed by atoms with van der Waals surface area (Å²) in [4.78, 5) is 275. The molecule has 0 aliphatic carbocycles. The standard InChI is InChI=1S/C89H143N29O27S/c1-9-44(4)69(82(140)113-61(86(144)145)37-67(129)130)114-64(125)41-104-74(132)54(20-14-31-98-87(92)93)106-76(134)55(19-12-13-30-90)109-84(142)72(47(7)121)118-85(143)71(46(6)120)115-63(124)40-102-62(123)39-103-75(133)58(29-34-146-8)108-77(135)56(21-15-32-99-88(94)95)107-79(137)59(35-48-23-25-50(122)26-24-48)112-78(136)57(22-16-33-100-89(96)97)110-83(141)70(45(5)119)116-65(126)42-105-81(139)68(43(2)3)117-80(138)60(111-73(131)52(91)27-28-66(127)128)36-49-38-101-53-18-11-10-17-51(49)53/h10-11,17-18,23-26,38,43-47,52,54-61,68-72,101,119-122H,9,12-16,19-22,27-37,39-42,90-91H2,1-8H3,(H,102,123)(H,103,133)(H,104,132)(H,105,139)(H,106,134)(H,107,137)(H,108,135)(H,109,142)(H,110,141)(H,111,131)(H,112,136)(H,113,140)(H,114,125)(H,115,124)(H,116,126)(H,117,138)(H,118,143)(H,127,128)(H,129,130)(H,144,145)(H4,92,93,98)(H4,94,95,99)(H4,96,97,100)/t44-,45+,46+,47+,52-,54-,55-,56-,57-,58-,59-,60-,61-,68-,69-,70-,71-,72-/m0/s1. The molecule has 146 heavy (non-hydrogen) atoms. The number of hydrogen-bond acceptors (Lipinski definition) is 30. The smallest absolute Gasteiger partial charge is 0.326 e. The molecule has 0 unspecified atom stereocenters. The first-order valence-electron chi connectivity index (χ1n) is 47.0. The molecule has 812 valence electrons. The van der Waals surface area contributed by atoms with Crippen LogP contribution in [0.5, 0.6) is 5.75 Å². The Morgan fingerprint density at radius 2 is 0.767 bits per heavy atom. The first-order chi connectivity index (χ1) is 68.8. The third-order valence-electron chi connectivity index (χ3n) is 22.4. The Hall–Kier alpha value is -14.9. The van der Waals surface area contributed by atoms with Gasteiger partial charge in [0, 0.05) is 56.0 Å². The maximum atomic E-state index is 14.9. The molecular formula is C89H143N29O27S. The van der Waals surface area contributed by atoms with Crippen molar-refractivity contribution in [2.45, 2.75) is 254 Å². The third kappa shape index (κ3) is 47.1. The Morgan fingerprint density at radius 3 is 1.21 bits per heavy atom. The second kappa shape index (κ2) is 65.4. The lowest BCUT2D eigenvalue weighted by atomic mass is 9.97. The molecule has 2 aromatic carbocycles. The lowest BCUT2D eigenvalue weighted by Gasteiger charge is -2.28. The number of carbonyl (C=O) groups excluding carboxylic acids is 17. The Bertz CT molecular complexity index is 4950. The van der Waals surface area contributed by atoms with E-state index in [0.29, 0.717) is 22.0 Å². The molecule has 17 amide bonds. The summed E-state index contributed by atoms with van der Waals surface area (Å²) in [6.45, 7) is 5.90. The highest BCUT2D eigenvalue weighted by Gasteiger charge is 2.40. The number of phenolic OH excluding ortho intramolecular Hbond substituents is 1. The topological polar surface area (TPSA) is 941 Å². The second-order valence-corrected chi connectivity index (χ2v) is 35.8. The van der Waals surface area contributed by atoms with Crippen LogP contribution in [0.3, 0.4) is 0 Å². The van der Waals surface area contributed by atoms with Crippen molar-refractivity contribution in [2.75, 3.05) is 64.4 Å². The molecule has 1 aromatic heterocycles. The fraction of sp³-hybridized carbons (Fsp3) is 0.584. The van der Waals surface area contributed by atoms with Crippen molar-refractivity contribution >= 4 is 159 Å². The van der Waals surface area contributed by atoms with Gasteiger partial charge in [-0.1, -0.05) is 64.4 Å². The van der Waals surface area contributed by atoms with Crippen LogP contribution in [0.4, 0.5) is 0 Å². The van der Waals surface area contributed by atoms with Gasteiger partial charge in [-0.2, -0.15) is 11.8 Å². The van der Waals surface area contributed by atoms with Crippen LogP contribution in [0.25, 0.3) is 10.9 Å². The largest absolute Gasteiger partial charge is 0.508 e. The lowest BCUT2D eigenvalue weighted by Crippen LogP contribution is -2.62. The molecule has 0 bridgehead atoms. The zero-order valence-corrected chi connectivity index (χ0v) is 83.3. The van der Waals surface area contributed by atoms with Gasteiger partial charge in [-0.15, -0.1) is 0 Å². The van der Waals surface area contributed by atoms with Crippen LogP contribution in [-0.4, -0.2) is 344 Å². The number of carboxylic acid groups (broad SMARTS) is 3. The molecule has 41 N–H and O–H groups in total. The molecule has 57 heteroatoms. The van der Waals surface area contributed by atoms with Crippen molar-refractivity contribution in [3.63, 3.8) is 0 Å². The van der Waals surface area contributed by atoms with Crippen molar-refractivity contribution in [1.29, 1.82) is 16.2 Å². The Labute approximate surface area is 844 Å². The van der Waals surface area contributed by atoms with Gasteiger partial charge in [0.2, 0.25) is 100 Å². The van der Waals surface area contributed by atoms with Crippen molar-refractivity contribution in [2.24, 2.45) is 40.5 Å². The number of fused-ring (bicyclic) bond motifs is 1. The molecule has 0 aliphatic rings. The van der Waals surface area contributed by atoms with E-state index in [0.717, 1.165) is 20.8 Å². The van der Waals surface area contributed by atoms with Gasteiger partial charge in [-0.25, -0.2) is 4.79 Å². The average Bonchev–Trinajstić information content (AvgIpc) is 1.67. The normalized spacial score (nSPS) is 14.8. The maximum absolute atomic E-state index is 14.9. The summed E-state index contributed by atoms with van der Waals surface area (Å²) in [6, 6.07) is -10.4. The number of aromatic amines is 1. The highest BCUT2D eigenvalue weighted by molar-refractivity contribution is 7.98. The van der Waals surface area contributed by atoms with E-state index in [1.807, 2.05) is 0 Å². The summed E-state index contributed by atoms with van der Waals surface area (Å²) in [5.74, 6) is -25.1. The molecule has 18 atom stereocenters. The number of nitrogens with two attached hydrogens (primary N) is 5. The summed E-state index contributed by atoms with van der Waals surface area (Å²) in [6.07, 6.45) is -4.76. The van der Waals surface area contributed by atoms with Crippen LogP contribution in [0.1, 0.15) is 149 Å². The minimum absolute atomic E-state index is 0.0145. The highest BCUT2D eigenvalue weighted by Crippen LogP contribution is 2.22. The van der Waals surface area contributed by atoms with Gasteiger partial charge < -0.3 is 176 Å². The predicted molar refractivity (Wildman–Crippen MR) is 528 cm³/mol. The zero-order chi connectivity index (χ0) is 110.